The van der Waals surface area contributed by atoms with E-state index < -0.39 is 0 Å². The molecule has 0 atom stereocenters. The van der Waals surface area contributed by atoms with Gasteiger partial charge in [-0.2, -0.15) is 0 Å². The average Bonchev–Trinajstić information content (AvgIpc) is 2.86. The predicted octanol–water partition coefficient (Wildman–Crippen LogP) is 9.35. The molecule has 7 rings (SSSR count). The molecule has 152 valence electrons. The van der Waals surface area contributed by atoms with Crippen LogP contribution >= 0.6 is 0 Å². The van der Waals surface area contributed by atoms with Crippen LogP contribution in [0.25, 0.3) is 53.9 Å². The molecule has 0 saturated heterocycles. The molecule has 32 heavy (non-hydrogen) atoms. The van der Waals surface area contributed by atoms with Crippen molar-refractivity contribution in [3.05, 3.63) is 121 Å². The van der Waals surface area contributed by atoms with Crippen LogP contribution in [-0.2, 0) is 0 Å². The second-order valence-electron chi connectivity index (χ2n) is 8.54. The summed E-state index contributed by atoms with van der Waals surface area (Å²) in [6.07, 6.45) is 11.0. The Labute approximate surface area is 188 Å². The summed E-state index contributed by atoms with van der Waals surface area (Å²) in [5, 5.41) is 13.1. The predicted molar refractivity (Wildman–Crippen MR) is 141 cm³/mol. The number of hydrogen-bond acceptors (Lipinski definition) is 0. The Morgan fingerprint density at radius 2 is 0.719 bits per heavy atom. The average molecular weight is 409 g/mol. The van der Waals surface area contributed by atoms with E-state index in [1.807, 2.05) is 0 Å². The zero-order valence-electron chi connectivity index (χ0n) is 18.0. The Balaban J connectivity index is 0.000000285. The lowest BCUT2D eigenvalue weighted by Crippen LogP contribution is -1.82. The molecule has 1 aliphatic carbocycles. The van der Waals surface area contributed by atoms with Gasteiger partial charge < -0.3 is 0 Å². The topological polar surface area (TPSA) is 0 Å². The summed E-state index contributed by atoms with van der Waals surface area (Å²) in [4.78, 5) is 0. The van der Waals surface area contributed by atoms with Gasteiger partial charge in [-0.15, -0.1) is 0 Å². The number of fused-ring (bicyclic) bond motifs is 6. The van der Waals surface area contributed by atoms with Gasteiger partial charge in [0, 0.05) is 0 Å². The molecular formula is C32H24. The highest BCUT2D eigenvalue weighted by molar-refractivity contribution is 6.16. The summed E-state index contributed by atoms with van der Waals surface area (Å²) < 4.78 is 0. The maximum absolute atomic E-state index is 2.36. The normalized spacial score (nSPS) is 13.1. The van der Waals surface area contributed by atoms with Gasteiger partial charge in [-0.05, 0) is 103 Å². The van der Waals surface area contributed by atoms with E-state index in [1.165, 1.54) is 66.7 Å². The molecule has 0 aliphatic heterocycles. The van der Waals surface area contributed by atoms with Gasteiger partial charge in [-0.3, -0.25) is 0 Å². The fourth-order valence-corrected chi connectivity index (χ4v) is 4.73. The summed E-state index contributed by atoms with van der Waals surface area (Å²) >= 11 is 0. The first-order chi connectivity index (χ1) is 15.8. The number of benzene rings is 6. The highest BCUT2D eigenvalue weighted by Gasteiger charge is 2.06. The largest absolute Gasteiger partial charge is 0.0842 e. The summed E-state index contributed by atoms with van der Waals surface area (Å²) in [5.74, 6) is 0. The van der Waals surface area contributed by atoms with Crippen molar-refractivity contribution < 1.29 is 0 Å². The number of allylic oxidation sites excluding steroid dienone is 4. The molecule has 0 bridgehead atoms. The Kier molecular flexibility index (Phi) is 4.70. The van der Waals surface area contributed by atoms with Gasteiger partial charge >= 0.3 is 0 Å². The lowest BCUT2D eigenvalue weighted by Gasteiger charge is -2.09. The Bertz CT molecular complexity index is 1640. The molecule has 0 nitrogen and oxygen atoms in total. The van der Waals surface area contributed by atoms with Crippen LogP contribution in [-0.4, -0.2) is 0 Å². The first kappa shape index (κ1) is 18.8. The first-order valence-corrected chi connectivity index (χ1v) is 11.3. The van der Waals surface area contributed by atoms with Crippen molar-refractivity contribution >= 4 is 53.9 Å². The number of rotatable bonds is 0. The van der Waals surface area contributed by atoms with Crippen LogP contribution in [0.3, 0.4) is 0 Å². The highest BCUT2D eigenvalue weighted by atomic mass is 14.1. The van der Waals surface area contributed by atoms with Crippen LogP contribution in [0.4, 0.5) is 0 Å². The van der Waals surface area contributed by atoms with E-state index in [-0.39, 0.29) is 0 Å². The van der Waals surface area contributed by atoms with Gasteiger partial charge in [0.05, 0.1) is 0 Å². The molecule has 0 aromatic heterocycles. The van der Waals surface area contributed by atoms with Crippen molar-refractivity contribution in [3.8, 4) is 0 Å². The van der Waals surface area contributed by atoms with Crippen molar-refractivity contribution in [2.45, 2.75) is 12.8 Å². The fraction of sp³-hybridized carbons (Fsp3) is 0.0625. The van der Waals surface area contributed by atoms with Gasteiger partial charge in [0.1, 0.15) is 0 Å². The van der Waals surface area contributed by atoms with E-state index in [4.69, 9.17) is 0 Å². The maximum atomic E-state index is 2.36. The zero-order chi connectivity index (χ0) is 21.3. The third-order valence-electron chi connectivity index (χ3n) is 6.41. The first-order valence-electron chi connectivity index (χ1n) is 11.3. The summed E-state index contributed by atoms with van der Waals surface area (Å²) in [6.45, 7) is 0. The van der Waals surface area contributed by atoms with Crippen LogP contribution in [0.15, 0.2) is 121 Å². The molecule has 0 radical (unpaired) electrons. The maximum Gasteiger partial charge on any atom is -0.00988 e. The van der Waals surface area contributed by atoms with Gasteiger partial charge in [-0.25, -0.2) is 0 Å². The summed E-state index contributed by atoms with van der Waals surface area (Å²) in [6, 6.07) is 35.6. The molecule has 0 fully saturated rings. The van der Waals surface area contributed by atoms with E-state index in [2.05, 4.69) is 121 Å². The third kappa shape index (κ3) is 3.44. The van der Waals surface area contributed by atoms with Gasteiger partial charge in [-0.1, -0.05) is 85.0 Å². The minimum absolute atomic E-state index is 1.23. The van der Waals surface area contributed by atoms with E-state index in [0.717, 1.165) is 0 Å². The van der Waals surface area contributed by atoms with Crippen molar-refractivity contribution in [1.29, 1.82) is 0 Å². The van der Waals surface area contributed by atoms with E-state index in [1.54, 1.807) is 0 Å². The van der Waals surface area contributed by atoms with Crippen molar-refractivity contribution in [3.63, 3.8) is 0 Å². The van der Waals surface area contributed by atoms with E-state index in [0.29, 0.717) is 0 Å². The van der Waals surface area contributed by atoms with Crippen LogP contribution in [0, 0.1) is 0 Å². The quantitative estimate of drug-likeness (QED) is 0.173. The molecule has 0 saturated carbocycles. The lowest BCUT2D eigenvalue weighted by molar-refractivity contribution is 1.04. The standard InChI is InChI=1S/C26H16.C6H8/c1-2-7-19-13-24-16-26-22(14-23(24)12-18(19)6-1)10-9-21-11-17-5-3-4-8-20(17)15-25(21)26;1-2-4-6-5-3-1/h1-16H;1-4H,5-6H2. The Hall–Kier alpha value is -3.90. The molecule has 6 aromatic rings. The van der Waals surface area contributed by atoms with Crippen LogP contribution in [0.2, 0.25) is 0 Å². The lowest BCUT2D eigenvalue weighted by atomic mass is 9.95. The molecule has 0 heteroatoms. The van der Waals surface area contributed by atoms with Crippen LogP contribution in [0.5, 0.6) is 0 Å². The zero-order valence-corrected chi connectivity index (χ0v) is 18.0. The van der Waals surface area contributed by atoms with Crippen molar-refractivity contribution in [2.75, 3.05) is 0 Å². The van der Waals surface area contributed by atoms with Gasteiger partial charge in [0.25, 0.3) is 0 Å². The molecule has 6 aromatic carbocycles. The fourth-order valence-electron chi connectivity index (χ4n) is 4.73. The van der Waals surface area contributed by atoms with Gasteiger partial charge in [0.2, 0.25) is 0 Å². The monoisotopic (exact) mass is 408 g/mol. The summed E-state index contributed by atoms with van der Waals surface area (Å²) in [7, 11) is 0. The molecule has 0 spiro atoms. The van der Waals surface area contributed by atoms with Gasteiger partial charge in [0.15, 0.2) is 0 Å². The SMILES string of the molecule is C1=CCCC=C1.c1ccc2cc3cc4c(ccc5cc6ccccc6cc54)cc3cc2c1. The molecule has 0 N–H and O–H groups in total. The second-order valence-corrected chi connectivity index (χ2v) is 8.54. The van der Waals surface area contributed by atoms with E-state index in [9.17, 15) is 0 Å². The van der Waals surface area contributed by atoms with Crippen molar-refractivity contribution in [2.24, 2.45) is 0 Å². The Morgan fingerprint density at radius 1 is 0.344 bits per heavy atom. The minimum atomic E-state index is 1.23. The third-order valence-corrected chi connectivity index (χ3v) is 6.41. The smallest absolute Gasteiger partial charge is 0.00988 e. The molecule has 1 aliphatic rings. The minimum Gasteiger partial charge on any atom is -0.0842 e. The summed E-state index contributed by atoms with van der Waals surface area (Å²) in [5.41, 5.74) is 0. The van der Waals surface area contributed by atoms with Crippen LogP contribution in [0.1, 0.15) is 12.8 Å². The molecular weight excluding hydrogens is 384 g/mol. The second kappa shape index (κ2) is 7.98. The van der Waals surface area contributed by atoms with E-state index >= 15 is 0 Å². The molecule has 0 amide bonds. The Morgan fingerprint density at radius 3 is 1.19 bits per heavy atom. The van der Waals surface area contributed by atoms with Crippen LogP contribution < -0.4 is 0 Å². The highest BCUT2D eigenvalue weighted by Crippen LogP contribution is 2.33. The van der Waals surface area contributed by atoms with Crippen molar-refractivity contribution in [1.82, 2.24) is 0 Å². The number of hydrogen-bond donors (Lipinski definition) is 0. The molecule has 0 heterocycles. The molecule has 0 unspecified atom stereocenters.